The summed E-state index contributed by atoms with van der Waals surface area (Å²) in [5.41, 5.74) is 1.28. The number of amides is 1. The number of methoxy groups -OCH3 is 1. The van der Waals surface area contributed by atoms with Gasteiger partial charge in [0.2, 0.25) is 0 Å². The van der Waals surface area contributed by atoms with Crippen molar-refractivity contribution in [2.75, 3.05) is 20.3 Å². The maximum atomic E-state index is 11.6. The average Bonchev–Trinajstić information content (AvgIpc) is 2.30. The maximum absolute atomic E-state index is 11.6. The molecule has 0 aliphatic rings. The molecule has 0 aromatic carbocycles. The van der Waals surface area contributed by atoms with E-state index in [0.29, 0.717) is 25.1 Å². The van der Waals surface area contributed by atoms with E-state index in [-0.39, 0.29) is 12.5 Å². The van der Waals surface area contributed by atoms with E-state index < -0.39 is 0 Å². The number of aromatic nitrogens is 1. The summed E-state index contributed by atoms with van der Waals surface area (Å²) in [7, 11) is 1.58. The average molecular weight is 224 g/mol. The second-order valence-electron chi connectivity index (χ2n) is 3.30. The van der Waals surface area contributed by atoms with Gasteiger partial charge in [0.1, 0.15) is 0 Å². The predicted octanol–water partition coefficient (Wildman–Crippen LogP) is 0.340. The van der Waals surface area contributed by atoms with Gasteiger partial charge in [-0.3, -0.25) is 9.78 Å². The van der Waals surface area contributed by atoms with Crippen LogP contribution in [-0.2, 0) is 11.3 Å². The van der Waals surface area contributed by atoms with Gasteiger partial charge in [0.05, 0.1) is 12.3 Å². The number of carbonyl (C=O) groups excluding carboxylic acids is 1. The molecule has 2 N–H and O–H groups in total. The van der Waals surface area contributed by atoms with E-state index in [2.05, 4.69) is 10.3 Å². The molecule has 1 heterocycles. The second kappa shape index (κ2) is 6.92. The van der Waals surface area contributed by atoms with Crippen molar-refractivity contribution in [1.82, 2.24) is 10.3 Å². The number of hydrogen-bond donors (Lipinski definition) is 2. The van der Waals surface area contributed by atoms with E-state index in [0.717, 1.165) is 5.69 Å². The number of aliphatic hydroxyl groups excluding tert-OH is 1. The zero-order chi connectivity index (χ0) is 11.8. The normalized spacial score (nSPS) is 10.1. The Morgan fingerprint density at radius 3 is 3.12 bits per heavy atom. The van der Waals surface area contributed by atoms with E-state index in [4.69, 9.17) is 9.84 Å². The Kier molecular flexibility index (Phi) is 5.45. The molecule has 0 atom stereocenters. The number of nitrogens with one attached hydrogen (secondary N) is 1. The highest BCUT2D eigenvalue weighted by Gasteiger charge is 2.05. The third kappa shape index (κ3) is 3.96. The highest BCUT2D eigenvalue weighted by Crippen LogP contribution is 2.02. The second-order valence-corrected chi connectivity index (χ2v) is 3.30. The van der Waals surface area contributed by atoms with E-state index in [9.17, 15) is 4.79 Å². The first kappa shape index (κ1) is 12.6. The lowest BCUT2D eigenvalue weighted by Gasteiger charge is -2.05. The number of pyridine rings is 1. The van der Waals surface area contributed by atoms with Crippen LogP contribution in [0.2, 0.25) is 0 Å². The molecule has 88 valence electrons. The van der Waals surface area contributed by atoms with E-state index >= 15 is 0 Å². The van der Waals surface area contributed by atoms with Crippen molar-refractivity contribution in [3.63, 3.8) is 0 Å². The minimum Gasteiger partial charge on any atom is -0.396 e. The number of hydrogen-bond acceptors (Lipinski definition) is 4. The van der Waals surface area contributed by atoms with Gasteiger partial charge in [0.15, 0.2) is 0 Å². The Balaban J connectivity index is 2.57. The van der Waals surface area contributed by atoms with Crippen LogP contribution in [0.15, 0.2) is 18.3 Å². The standard InChI is InChI=1S/C11H16N2O3/c1-16-8-10-7-9(3-5-12-10)11(15)13-4-2-6-14/h3,5,7,14H,2,4,6,8H2,1H3,(H,13,15). The largest absolute Gasteiger partial charge is 0.396 e. The first-order chi connectivity index (χ1) is 7.77. The van der Waals surface area contributed by atoms with Crippen molar-refractivity contribution in [2.45, 2.75) is 13.0 Å². The monoisotopic (exact) mass is 224 g/mol. The quantitative estimate of drug-likeness (QED) is 0.683. The fraction of sp³-hybridized carbons (Fsp3) is 0.455. The van der Waals surface area contributed by atoms with Crippen LogP contribution < -0.4 is 5.32 Å². The Bertz CT molecular complexity index is 342. The summed E-state index contributed by atoms with van der Waals surface area (Å²) in [5, 5.41) is 11.3. The molecular formula is C11H16N2O3. The molecule has 5 heteroatoms. The zero-order valence-corrected chi connectivity index (χ0v) is 9.27. The van der Waals surface area contributed by atoms with Gasteiger partial charge in [-0.2, -0.15) is 0 Å². The number of carbonyl (C=O) groups is 1. The molecular weight excluding hydrogens is 208 g/mol. The van der Waals surface area contributed by atoms with Crippen LogP contribution in [0.5, 0.6) is 0 Å². The van der Waals surface area contributed by atoms with Gasteiger partial charge in [0, 0.05) is 32.0 Å². The smallest absolute Gasteiger partial charge is 0.251 e. The van der Waals surface area contributed by atoms with E-state index in [1.807, 2.05) is 0 Å². The molecule has 0 fully saturated rings. The first-order valence-corrected chi connectivity index (χ1v) is 5.11. The van der Waals surface area contributed by atoms with Crippen LogP contribution in [-0.4, -0.2) is 36.3 Å². The minimum absolute atomic E-state index is 0.0750. The summed E-state index contributed by atoms with van der Waals surface area (Å²) >= 11 is 0. The van der Waals surface area contributed by atoms with Gasteiger partial charge in [0.25, 0.3) is 5.91 Å². The van der Waals surface area contributed by atoms with Gasteiger partial charge < -0.3 is 15.2 Å². The lowest BCUT2D eigenvalue weighted by molar-refractivity contribution is 0.0950. The lowest BCUT2D eigenvalue weighted by Crippen LogP contribution is -2.25. The third-order valence-corrected chi connectivity index (χ3v) is 1.99. The molecule has 0 aliphatic heterocycles. The molecule has 0 spiro atoms. The molecule has 16 heavy (non-hydrogen) atoms. The molecule has 0 unspecified atom stereocenters. The van der Waals surface area contributed by atoms with E-state index in [1.165, 1.54) is 0 Å². The lowest BCUT2D eigenvalue weighted by atomic mass is 10.2. The maximum Gasteiger partial charge on any atom is 0.251 e. The van der Waals surface area contributed by atoms with Crippen LogP contribution in [0, 0.1) is 0 Å². The molecule has 0 bridgehead atoms. The van der Waals surface area contributed by atoms with Crippen molar-refractivity contribution >= 4 is 5.91 Å². The molecule has 1 aromatic heterocycles. The molecule has 5 nitrogen and oxygen atoms in total. The summed E-state index contributed by atoms with van der Waals surface area (Å²) in [6, 6.07) is 3.34. The summed E-state index contributed by atoms with van der Waals surface area (Å²) in [6.07, 6.45) is 2.14. The first-order valence-electron chi connectivity index (χ1n) is 5.11. The van der Waals surface area contributed by atoms with Crippen LogP contribution >= 0.6 is 0 Å². The van der Waals surface area contributed by atoms with Crippen molar-refractivity contribution in [3.05, 3.63) is 29.6 Å². The van der Waals surface area contributed by atoms with Gasteiger partial charge >= 0.3 is 0 Å². The van der Waals surface area contributed by atoms with Crippen LogP contribution in [0.25, 0.3) is 0 Å². The number of ether oxygens (including phenoxy) is 1. The van der Waals surface area contributed by atoms with Gasteiger partial charge in [-0.1, -0.05) is 0 Å². The summed E-state index contributed by atoms with van der Waals surface area (Å²) in [4.78, 5) is 15.7. The van der Waals surface area contributed by atoms with Crippen molar-refractivity contribution < 1.29 is 14.6 Å². The third-order valence-electron chi connectivity index (χ3n) is 1.99. The molecule has 0 aliphatic carbocycles. The number of nitrogens with zero attached hydrogens (tertiary/aromatic N) is 1. The van der Waals surface area contributed by atoms with Gasteiger partial charge in [-0.25, -0.2) is 0 Å². The van der Waals surface area contributed by atoms with E-state index in [1.54, 1.807) is 25.4 Å². The molecule has 1 rings (SSSR count). The van der Waals surface area contributed by atoms with Crippen LogP contribution in [0.3, 0.4) is 0 Å². The Morgan fingerprint density at radius 1 is 1.62 bits per heavy atom. The Morgan fingerprint density at radius 2 is 2.44 bits per heavy atom. The molecule has 0 saturated carbocycles. The molecule has 0 saturated heterocycles. The van der Waals surface area contributed by atoms with Crippen molar-refractivity contribution in [1.29, 1.82) is 0 Å². The minimum atomic E-state index is -0.159. The van der Waals surface area contributed by atoms with Gasteiger partial charge in [-0.15, -0.1) is 0 Å². The highest BCUT2D eigenvalue weighted by atomic mass is 16.5. The number of rotatable bonds is 6. The van der Waals surface area contributed by atoms with Crippen molar-refractivity contribution in [3.8, 4) is 0 Å². The van der Waals surface area contributed by atoms with Crippen LogP contribution in [0.4, 0.5) is 0 Å². The zero-order valence-electron chi connectivity index (χ0n) is 9.27. The van der Waals surface area contributed by atoms with Crippen molar-refractivity contribution in [2.24, 2.45) is 0 Å². The van der Waals surface area contributed by atoms with Gasteiger partial charge in [-0.05, 0) is 18.6 Å². The molecule has 1 aromatic rings. The topological polar surface area (TPSA) is 71.5 Å². The fourth-order valence-electron chi connectivity index (χ4n) is 1.23. The Labute approximate surface area is 94.5 Å². The highest BCUT2D eigenvalue weighted by molar-refractivity contribution is 5.94. The van der Waals surface area contributed by atoms with Crippen LogP contribution in [0.1, 0.15) is 22.5 Å². The molecule has 0 radical (unpaired) electrons. The fourth-order valence-corrected chi connectivity index (χ4v) is 1.23. The predicted molar refractivity (Wildman–Crippen MR) is 59.0 cm³/mol. The number of aliphatic hydroxyl groups is 1. The SMILES string of the molecule is COCc1cc(C(=O)NCCCO)ccn1. The summed E-state index contributed by atoms with van der Waals surface area (Å²) in [5.74, 6) is -0.159. The molecule has 1 amide bonds. The summed E-state index contributed by atoms with van der Waals surface area (Å²) in [6.45, 7) is 0.931. The summed E-state index contributed by atoms with van der Waals surface area (Å²) < 4.78 is 4.93. The Hall–Kier alpha value is -1.46.